The minimum atomic E-state index is -0.160. The first-order valence-electron chi connectivity index (χ1n) is 6.96. The van der Waals surface area contributed by atoms with Crippen LogP contribution in [0.15, 0.2) is 24.3 Å². The van der Waals surface area contributed by atoms with Crippen LogP contribution in [0.25, 0.3) is 0 Å². The molecule has 2 N–H and O–H groups in total. The Morgan fingerprint density at radius 2 is 2.25 bits per heavy atom. The standard InChI is InChI=1S/C15H22N2O3/c1-11-7-8-16-9-14(11)20-10-15(18)17-12-5-3-4-6-13(12)19-2/h3-6,11,14,16H,7-10H2,1-2H3,(H,17,18). The second kappa shape index (κ2) is 7.26. The summed E-state index contributed by atoms with van der Waals surface area (Å²) >= 11 is 0. The molecule has 1 aliphatic heterocycles. The summed E-state index contributed by atoms with van der Waals surface area (Å²) in [6.45, 7) is 4.05. The topological polar surface area (TPSA) is 59.6 Å². The van der Waals surface area contributed by atoms with Crippen LogP contribution in [0.2, 0.25) is 0 Å². The molecule has 0 saturated carbocycles. The van der Waals surface area contributed by atoms with Crippen molar-refractivity contribution in [3.63, 3.8) is 0 Å². The van der Waals surface area contributed by atoms with E-state index in [1.54, 1.807) is 7.11 Å². The van der Waals surface area contributed by atoms with Gasteiger partial charge in [0.2, 0.25) is 5.91 Å². The van der Waals surface area contributed by atoms with E-state index in [0.717, 1.165) is 19.5 Å². The molecule has 1 heterocycles. The monoisotopic (exact) mass is 278 g/mol. The normalized spacial score (nSPS) is 22.3. The zero-order valence-corrected chi connectivity index (χ0v) is 12.0. The minimum absolute atomic E-state index is 0.0642. The Hall–Kier alpha value is -1.59. The highest BCUT2D eigenvalue weighted by molar-refractivity contribution is 5.93. The number of amides is 1. The zero-order valence-electron chi connectivity index (χ0n) is 12.0. The molecular weight excluding hydrogens is 256 g/mol. The number of piperidine rings is 1. The predicted molar refractivity (Wildman–Crippen MR) is 78.0 cm³/mol. The molecule has 5 nitrogen and oxygen atoms in total. The van der Waals surface area contributed by atoms with Gasteiger partial charge in [-0.25, -0.2) is 0 Å². The van der Waals surface area contributed by atoms with Gasteiger partial charge in [0.25, 0.3) is 0 Å². The van der Waals surface area contributed by atoms with Gasteiger partial charge in [-0.05, 0) is 31.0 Å². The highest BCUT2D eigenvalue weighted by Gasteiger charge is 2.22. The molecule has 0 bridgehead atoms. The molecule has 2 unspecified atom stereocenters. The molecule has 1 amide bonds. The van der Waals surface area contributed by atoms with Gasteiger partial charge < -0.3 is 20.1 Å². The fraction of sp³-hybridized carbons (Fsp3) is 0.533. The van der Waals surface area contributed by atoms with Crippen LogP contribution in [-0.4, -0.2) is 38.8 Å². The van der Waals surface area contributed by atoms with Gasteiger partial charge in [0.05, 0.1) is 18.9 Å². The fourth-order valence-electron chi connectivity index (χ4n) is 2.30. The number of nitrogens with one attached hydrogen (secondary N) is 2. The van der Waals surface area contributed by atoms with Crippen LogP contribution < -0.4 is 15.4 Å². The van der Waals surface area contributed by atoms with Crippen LogP contribution in [0, 0.1) is 5.92 Å². The van der Waals surface area contributed by atoms with Gasteiger partial charge in [0, 0.05) is 6.54 Å². The molecule has 1 aromatic rings. The number of carbonyl (C=O) groups excluding carboxylic acids is 1. The second-order valence-corrected chi connectivity index (χ2v) is 5.07. The van der Waals surface area contributed by atoms with E-state index < -0.39 is 0 Å². The van der Waals surface area contributed by atoms with Crippen molar-refractivity contribution in [2.24, 2.45) is 5.92 Å². The lowest BCUT2D eigenvalue weighted by atomic mass is 9.97. The molecule has 20 heavy (non-hydrogen) atoms. The SMILES string of the molecule is COc1ccccc1NC(=O)COC1CNCCC1C. The minimum Gasteiger partial charge on any atom is -0.495 e. The molecule has 0 radical (unpaired) electrons. The van der Waals surface area contributed by atoms with E-state index >= 15 is 0 Å². The summed E-state index contributed by atoms with van der Waals surface area (Å²) in [5.41, 5.74) is 0.665. The molecule has 1 aliphatic rings. The van der Waals surface area contributed by atoms with Gasteiger partial charge in [0.15, 0.2) is 0 Å². The quantitative estimate of drug-likeness (QED) is 0.860. The first kappa shape index (κ1) is 14.8. The number of rotatable bonds is 5. The number of hydrogen-bond donors (Lipinski definition) is 2. The lowest BCUT2D eigenvalue weighted by Crippen LogP contribution is -2.42. The van der Waals surface area contributed by atoms with Gasteiger partial charge in [0.1, 0.15) is 12.4 Å². The lowest BCUT2D eigenvalue weighted by Gasteiger charge is -2.29. The maximum atomic E-state index is 11.9. The third-order valence-electron chi connectivity index (χ3n) is 3.57. The van der Waals surface area contributed by atoms with Crippen molar-refractivity contribution in [3.8, 4) is 5.75 Å². The van der Waals surface area contributed by atoms with E-state index in [0.29, 0.717) is 17.4 Å². The molecule has 1 aromatic carbocycles. The number of hydrogen-bond acceptors (Lipinski definition) is 4. The largest absolute Gasteiger partial charge is 0.495 e. The van der Waals surface area contributed by atoms with Crippen LogP contribution in [0.3, 0.4) is 0 Å². The molecule has 5 heteroatoms. The first-order valence-corrected chi connectivity index (χ1v) is 6.96. The summed E-state index contributed by atoms with van der Waals surface area (Å²) in [6.07, 6.45) is 1.19. The smallest absolute Gasteiger partial charge is 0.250 e. The van der Waals surface area contributed by atoms with Crippen molar-refractivity contribution in [1.29, 1.82) is 0 Å². The first-order chi connectivity index (χ1) is 9.70. The van der Waals surface area contributed by atoms with E-state index in [-0.39, 0.29) is 18.6 Å². The Labute approximate surface area is 119 Å². The van der Waals surface area contributed by atoms with E-state index in [1.165, 1.54) is 0 Å². The lowest BCUT2D eigenvalue weighted by molar-refractivity contribution is -0.124. The highest BCUT2D eigenvalue weighted by atomic mass is 16.5. The summed E-state index contributed by atoms with van der Waals surface area (Å²) in [5, 5.41) is 6.09. The number of ether oxygens (including phenoxy) is 2. The van der Waals surface area contributed by atoms with E-state index in [9.17, 15) is 4.79 Å². The molecule has 0 spiro atoms. The third kappa shape index (κ3) is 3.95. The zero-order chi connectivity index (χ0) is 14.4. The highest BCUT2D eigenvalue weighted by Crippen LogP contribution is 2.23. The van der Waals surface area contributed by atoms with E-state index in [4.69, 9.17) is 9.47 Å². The van der Waals surface area contributed by atoms with Crippen LogP contribution in [0.4, 0.5) is 5.69 Å². The molecule has 2 rings (SSSR count). The van der Waals surface area contributed by atoms with Gasteiger partial charge in [-0.2, -0.15) is 0 Å². The fourth-order valence-corrected chi connectivity index (χ4v) is 2.30. The Bertz CT molecular complexity index is 450. The van der Waals surface area contributed by atoms with Crippen molar-refractivity contribution in [1.82, 2.24) is 5.32 Å². The van der Waals surface area contributed by atoms with Crippen LogP contribution >= 0.6 is 0 Å². The van der Waals surface area contributed by atoms with Crippen molar-refractivity contribution < 1.29 is 14.3 Å². The van der Waals surface area contributed by atoms with Gasteiger partial charge >= 0.3 is 0 Å². The summed E-state index contributed by atoms with van der Waals surface area (Å²) < 4.78 is 10.9. The number of anilines is 1. The summed E-state index contributed by atoms with van der Waals surface area (Å²) in [6, 6.07) is 7.33. The summed E-state index contributed by atoms with van der Waals surface area (Å²) in [4.78, 5) is 11.9. The van der Waals surface area contributed by atoms with Crippen molar-refractivity contribution in [2.75, 3.05) is 32.1 Å². The second-order valence-electron chi connectivity index (χ2n) is 5.07. The van der Waals surface area contributed by atoms with Crippen LogP contribution in [0.1, 0.15) is 13.3 Å². The van der Waals surface area contributed by atoms with Gasteiger partial charge in [-0.3, -0.25) is 4.79 Å². The van der Waals surface area contributed by atoms with E-state index in [2.05, 4.69) is 17.6 Å². The molecule has 2 atom stereocenters. The molecule has 0 aliphatic carbocycles. The van der Waals surface area contributed by atoms with Crippen molar-refractivity contribution in [2.45, 2.75) is 19.4 Å². The predicted octanol–water partition coefficient (Wildman–Crippen LogP) is 1.65. The third-order valence-corrected chi connectivity index (χ3v) is 3.57. The number of para-hydroxylation sites is 2. The van der Waals surface area contributed by atoms with Crippen LogP contribution in [-0.2, 0) is 9.53 Å². The average molecular weight is 278 g/mol. The Morgan fingerprint density at radius 1 is 1.45 bits per heavy atom. The maximum absolute atomic E-state index is 11.9. The molecule has 1 fully saturated rings. The number of methoxy groups -OCH3 is 1. The molecule has 110 valence electrons. The Balaban J connectivity index is 1.83. The van der Waals surface area contributed by atoms with Crippen molar-refractivity contribution >= 4 is 11.6 Å². The number of benzene rings is 1. The van der Waals surface area contributed by atoms with Gasteiger partial charge in [-0.15, -0.1) is 0 Å². The average Bonchev–Trinajstić information content (AvgIpc) is 2.47. The molecular formula is C15H22N2O3. The molecule has 1 saturated heterocycles. The summed E-state index contributed by atoms with van der Waals surface area (Å²) in [7, 11) is 1.58. The van der Waals surface area contributed by atoms with E-state index in [1.807, 2.05) is 24.3 Å². The number of carbonyl (C=O) groups is 1. The Morgan fingerprint density at radius 3 is 3.00 bits per heavy atom. The van der Waals surface area contributed by atoms with Crippen molar-refractivity contribution in [3.05, 3.63) is 24.3 Å². The maximum Gasteiger partial charge on any atom is 0.250 e. The Kier molecular flexibility index (Phi) is 5.38. The van der Waals surface area contributed by atoms with Crippen LogP contribution in [0.5, 0.6) is 5.75 Å². The molecule has 0 aromatic heterocycles. The van der Waals surface area contributed by atoms with Gasteiger partial charge in [-0.1, -0.05) is 19.1 Å². The summed E-state index contributed by atoms with van der Waals surface area (Å²) in [5.74, 6) is 0.969.